The largest absolute Gasteiger partial charge is 0.103 e. The van der Waals surface area contributed by atoms with Crippen molar-refractivity contribution < 1.29 is 0 Å². The smallest absolute Gasteiger partial charge is 0.0291 e. The monoisotopic (exact) mass is 393 g/mol. The van der Waals surface area contributed by atoms with Gasteiger partial charge in [-0.3, -0.25) is 0 Å². The topological polar surface area (TPSA) is 0 Å². The maximum atomic E-state index is 3.55. The molecule has 0 unspecified atom stereocenters. The Morgan fingerprint density at radius 3 is 1.11 bits per heavy atom. The zero-order valence-electron chi connectivity index (χ0n) is 17.9. The lowest BCUT2D eigenvalue weighted by molar-refractivity contribution is 0.398. The van der Waals surface area contributed by atoms with Gasteiger partial charge in [0.1, 0.15) is 0 Å². The quantitative estimate of drug-likeness (QED) is 0.417. The van der Waals surface area contributed by atoms with Gasteiger partial charge in [0.15, 0.2) is 0 Å². The van der Waals surface area contributed by atoms with Crippen molar-refractivity contribution in [3.63, 3.8) is 0 Å². The van der Waals surface area contributed by atoms with Crippen molar-refractivity contribution in [2.24, 2.45) is 17.3 Å². The van der Waals surface area contributed by atoms with Gasteiger partial charge in [-0.2, -0.15) is 0 Å². The lowest BCUT2D eigenvalue weighted by Gasteiger charge is -2.12. The van der Waals surface area contributed by atoms with Crippen LogP contribution in [0.25, 0.3) is 0 Å². The second kappa shape index (κ2) is 44.7. The van der Waals surface area contributed by atoms with E-state index in [0.29, 0.717) is 5.41 Å². The molecule has 0 aliphatic carbocycles. The molecule has 176 valence electrons. The Labute approximate surface area is 181 Å². The van der Waals surface area contributed by atoms with Crippen LogP contribution in [0.5, 0.6) is 0 Å². The molecule has 0 rings (SSSR count). The zero-order chi connectivity index (χ0) is 18.6. The van der Waals surface area contributed by atoms with Crippen molar-refractivity contribution in [3.05, 3.63) is 24.8 Å². The maximum Gasteiger partial charge on any atom is -0.0291 e. The van der Waals surface area contributed by atoms with Gasteiger partial charge in [0.2, 0.25) is 0 Å². The van der Waals surface area contributed by atoms with E-state index in [9.17, 15) is 0 Å². The van der Waals surface area contributed by atoms with Crippen LogP contribution in [-0.4, -0.2) is 0 Å². The van der Waals surface area contributed by atoms with E-state index in [1.807, 2.05) is 13.0 Å². The van der Waals surface area contributed by atoms with Crippen LogP contribution in [0.3, 0.4) is 0 Å². The van der Waals surface area contributed by atoms with Crippen LogP contribution in [0.2, 0.25) is 0 Å². The van der Waals surface area contributed by atoms with Gasteiger partial charge in [-0.05, 0) is 30.6 Å². The molecule has 0 nitrogen and oxygen atoms in total. The highest BCUT2D eigenvalue weighted by Gasteiger charge is 2.03. The van der Waals surface area contributed by atoms with Gasteiger partial charge in [-0.1, -0.05) is 144 Å². The molecule has 0 saturated carbocycles. The fraction of sp³-hybridized carbons (Fsp3) is 0.852. The van der Waals surface area contributed by atoms with E-state index in [1.54, 1.807) is 0 Å². The number of unbranched alkanes of at least 4 members (excludes halogenated alkanes) is 1. The first-order valence-electron chi connectivity index (χ1n) is 9.25. The number of allylic oxidation sites excluding steroid dienone is 3. The molecule has 0 fully saturated rings. The molecule has 0 aromatic rings. The standard InChI is InChI=1S/C6H14.C6H12.C5H12.C5H10.5CH4/c1-5-6(2,3)4;1-4-5-6(2)3;1-4-5(2)3;1-3-5-4-2;;;;;/h5H2,1-4H3;4-6H,1-3H3;5H,4H2,1-3H3;3H,1,4-5H2,2H3;5*1H4. The molecule has 0 aromatic heterocycles. The molecule has 0 spiro atoms. The number of hydrogen-bond acceptors (Lipinski definition) is 0. The lowest BCUT2D eigenvalue weighted by atomic mass is 9.94. The predicted octanol–water partition coefficient (Wildman–Crippen LogP) is 11.9. The Morgan fingerprint density at radius 1 is 0.815 bits per heavy atom. The highest BCUT2D eigenvalue weighted by molar-refractivity contribution is 4.79. The third kappa shape index (κ3) is 156. The minimum absolute atomic E-state index is 0. The lowest BCUT2D eigenvalue weighted by Crippen LogP contribution is -2.00. The minimum atomic E-state index is 0. The molecular weight excluding hydrogens is 324 g/mol. The molecule has 0 aliphatic heterocycles. The first-order chi connectivity index (χ1) is 10.0. The van der Waals surface area contributed by atoms with Gasteiger partial charge >= 0.3 is 0 Å². The first-order valence-corrected chi connectivity index (χ1v) is 9.25. The molecule has 0 atom stereocenters. The fourth-order valence-corrected chi connectivity index (χ4v) is 0.589. The summed E-state index contributed by atoms with van der Waals surface area (Å²) in [4.78, 5) is 0. The van der Waals surface area contributed by atoms with Crippen LogP contribution in [0, 0.1) is 17.3 Å². The predicted molar refractivity (Wildman–Crippen MR) is 143 cm³/mol. The molecule has 0 saturated heterocycles. The Hall–Kier alpha value is -0.520. The molecule has 0 bridgehead atoms. The molecule has 0 aliphatic rings. The average Bonchev–Trinajstić information content (AvgIpc) is 2.40. The second-order valence-corrected chi connectivity index (χ2v) is 7.56. The molecule has 27 heavy (non-hydrogen) atoms. The Bertz CT molecular complexity index is 201. The molecule has 0 N–H and O–H groups in total. The van der Waals surface area contributed by atoms with Crippen molar-refractivity contribution >= 4 is 0 Å². The summed E-state index contributed by atoms with van der Waals surface area (Å²) in [5.41, 5.74) is 0.542. The van der Waals surface area contributed by atoms with Crippen LogP contribution < -0.4 is 0 Å². The fourth-order valence-electron chi connectivity index (χ4n) is 0.589. The number of hydrogen-bond donors (Lipinski definition) is 0. The SMILES string of the molecule is C.C.C.C.C.C=CCCC.CC=CC(C)C.CCC(C)(C)C.CCC(C)C. The highest BCUT2D eigenvalue weighted by Crippen LogP contribution is 2.16. The van der Waals surface area contributed by atoms with Crippen molar-refractivity contribution in [2.75, 3.05) is 0 Å². The molecular formula is C27H68. The van der Waals surface area contributed by atoms with Gasteiger partial charge < -0.3 is 0 Å². The van der Waals surface area contributed by atoms with E-state index in [0.717, 1.165) is 18.3 Å². The maximum absolute atomic E-state index is 3.55. The summed E-state index contributed by atoms with van der Waals surface area (Å²) >= 11 is 0. The van der Waals surface area contributed by atoms with Crippen molar-refractivity contribution in [1.82, 2.24) is 0 Å². The summed E-state index contributed by atoms with van der Waals surface area (Å²) in [6, 6.07) is 0. The van der Waals surface area contributed by atoms with Crippen molar-refractivity contribution in [1.29, 1.82) is 0 Å². The zero-order valence-corrected chi connectivity index (χ0v) is 17.9. The minimum Gasteiger partial charge on any atom is -0.103 e. The summed E-state index contributed by atoms with van der Waals surface area (Å²) < 4.78 is 0. The first kappa shape index (κ1) is 56.3. The van der Waals surface area contributed by atoms with Crippen molar-refractivity contribution in [3.8, 4) is 0 Å². The normalized spacial score (nSPS) is 8.33. The van der Waals surface area contributed by atoms with Gasteiger partial charge in [0, 0.05) is 0 Å². The van der Waals surface area contributed by atoms with E-state index in [-0.39, 0.29) is 37.1 Å². The number of rotatable bonds is 4. The Morgan fingerprint density at radius 2 is 1.11 bits per heavy atom. The molecule has 0 amide bonds. The van der Waals surface area contributed by atoms with Crippen LogP contribution in [0.1, 0.15) is 139 Å². The van der Waals surface area contributed by atoms with E-state index < -0.39 is 0 Å². The van der Waals surface area contributed by atoms with E-state index >= 15 is 0 Å². The summed E-state index contributed by atoms with van der Waals surface area (Å²) in [7, 11) is 0. The van der Waals surface area contributed by atoms with Gasteiger partial charge in [-0.15, -0.1) is 6.58 Å². The Balaban J connectivity index is -0.0000000216. The Kier molecular flexibility index (Phi) is 93.2. The molecule has 0 radical (unpaired) electrons. The summed E-state index contributed by atoms with van der Waals surface area (Å²) in [6.07, 6.45) is 11.1. The van der Waals surface area contributed by atoms with E-state index in [2.05, 4.69) is 88.0 Å². The molecule has 0 heterocycles. The molecule has 0 aromatic carbocycles. The van der Waals surface area contributed by atoms with Crippen LogP contribution in [0.15, 0.2) is 24.8 Å². The summed E-state index contributed by atoms with van der Waals surface area (Å²) in [5, 5.41) is 0. The van der Waals surface area contributed by atoms with Gasteiger partial charge in [0.25, 0.3) is 0 Å². The highest BCUT2D eigenvalue weighted by atomic mass is 14.1. The van der Waals surface area contributed by atoms with E-state index in [1.165, 1.54) is 19.3 Å². The second-order valence-electron chi connectivity index (χ2n) is 7.56. The molecule has 0 heteroatoms. The third-order valence-electron chi connectivity index (χ3n) is 2.95. The third-order valence-corrected chi connectivity index (χ3v) is 2.95. The summed E-state index contributed by atoms with van der Waals surface area (Å²) in [5.74, 6) is 1.60. The van der Waals surface area contributed by atoms with Crippen LogP contribution in [-0.2, 0) is 0 Å². The van der Waals surface area contributed by atoms with Gasteiger partial charge in [0.05, 0.1) is 0 Å². The average molecular weight is 393 g/mol. The van der Waals surface area contributed by atoms with Crippen LogP contribution >= 0.6 is 0 Å². The van der Waals surface area contributed by atoms with E-state index in [4.69, 9.17) is 0 Å². The van der Waals surface area contributed by atoms with Gasteiger partial charge in [-0.25, -0.2) is 0 Å². The van der Waals surface area contributed by atoms with Crippen molar-refractivity contribution in [2.45, 2.75) is 139 Å². The van der Waals surface area contributed by atoms with Crippen LogP contribution in [0.4, 0.5) is 0 Å². The summed E-state index contributed by atoms with van der Waals surface area (Å²) in [6.45, 7) is 27.6.